The molecule has 0 bridgehead atoms. The van der Waals surface area contributed by atoms with Crippen molar-refractivity contribution < 1.29 is 4.79 Å². The molecule has 4 nitrogen and oxygen atoms in total. The van der Waals surface area contributed by atoms with Crippen molar-refractivity contribution in [1.82, 2.24) is 9.38 Å². The molecule has 86 valence electrons. The van der Waals surface area contributed by atoms with Crippen molar-refractivity contribution in [2.24, 2.45) is 11.7 Å². The molecule has 2 aromatic rings. The summed E-state index contributed by atoms with van der Waals surface area (Å²) in [7, 11) is 0. The predicted octanol–water partition coefficient (Wildman–Crippen LogP) is 1.49. The molecule has 0 aliphatic rings. The summed E-state index contributed by atoms with van der Waals surface area (Å²) in [5.41, 5.74) is 6.52. The monoisotopic (exact) mass is 237 g/mol. The van der Waals surface area contributed by atoms with E-state index in [1.54, 1.807) is 11.3 Å². The van der Waals surface area contributed by atoms with E-state index in [0.29, 0.717) is 6.42 Å². The summed E-state index contributed by atoms with van der Waals surface area (Å²) in [6.45, 7) is 3.72. The molecule has 16 heavy (non-hydrogen) atoms. The van der Waals surface area contributed by atoms with Gasteiger partial charge in [0.15, 0.2) is 4.96 Å². The van der Waals surface area contributed by atoms with Gasteiger partial charge in [-0.05, 0) is 6.92 Å². The van der Waals surface area contributed by atoms with Crippen LogP contribution in [0.5, 0.6) is 0 Å². The lowest BCUT2D eigenvalue weighted by Gasteiger charge is -2.12. The minimum absolute atomic E-state index is 0.101. The Kier molecular flexibility index (Phi) is 3.07. The SMILES string of the molecule is CC(N)C(C)C(=O)Cc1cn2ccsc2n1. The molecule has 2 rings (SSSR count). The zero-order valence-electron chi connectivity index (χ0n) is 9.38. The van der Waals surface area contributed by atoms with Gasteiger partial charge >= 0.3 is 0 Å². The van der Waals surface area contributed by atoms with Crippen LogP contribution in [0, 0.1) is 5.92 Å². The van der Waals surface area contributed by atoms with Crippen LogP contribution in [0.2, 0.25) is 0 Å². The number of hydrogen-bond acceptors (Lipinski definition) is 4. The van der Waals surface area contributed by atoms with E-state index >= 15 is 0 Å². The second kappa shape index (κ2) is 4.35. The number of rotatable bonds is 4. The van der Waals surface area contributed by atoms with Gasteiger partial charge in [0.1, 0.15) is 5.78 Å². The molecule has 2 atom stereocenters. The van der Waals surface area contributed by atoms with Crippen molar-refractivity contribution in [3.05, 3.63) is 23.5 Å². The summed E-state index contributed by atoms with van der Waals surface area (Å²) < 4.78 is 1.93. The number of carbonyl (C=O) groups excluding carboxylic acids is 1. The highest BCUT2D eigenvalue weighted by Crippen LogP contribution is 2.13. The Morgan fingerprint density at radius 2 is 2.38 bits per heavy atom. The molecule has 0 spiro atoms. The fourth-order valence-electron chi connectivity index (χ4n) is 1.49. The van der Waals surface area contributed by atoms with Crippen LogP contribution >= 0.6 is 11.3 Å². The largest absolute Gasteiger partial charge is 0.327 e. The summed E-state index contributed by atoms with van der Waals surface area (Å²) >= 11 is 1.57. The number of aromatic nitrogens is 2. The smallest absolute Gasteiger partial charge is 0.193 e. The van der Waals surface area contributed by atoms with Gasteiger partial charge in [-0.3, -0.25) is 9.20 Å². The van der Waals surface area contributed by atoms with Gasteiger partial charge in [-0.1, -0.05) is 6.92 Å². The topological polar surface area (TPSA) is 60.4 Å². The molecule has 2 aromatic heterocycles. The quantitative estimate of drug-likeness (QED) is 0.876. The van der Waals surface area contributed by atoms with E-state index in [1.807, 2.05) is 36.0 Å². The van der Waals surface area contributed by atoms with Crippen LogP contribution in [0.1, 0.15) is 19.5 Å². The van der Waals surface area contributed by atoms with Gasteiger partial charge in [-0.15, -0.1) is 11.3 Å². The van der Waals surface area contributed by atoms with E-state index in [4.69, 9.17) is 5.73 Å². The van der Waals surface area contributed by atoms with Crippen molar-refractivity contribution in [2.45, 2.75) is 26.3 Å². The fraction of sp³-hybridized carbons (Fsp3) is 0.455. The minimum atomic E-state index is -0.111. The molecule has 2 unspecified atom stereocenters. The fourth-order valence-corrected chi connectivity index (χ4v) is 2.21. The average Bonchev–Trinajstić information content (AvgIpc) is 2.76. The predicted molar refractivity (Wildman–Crippen MR) is 64.6 cm³/mol. The first-order chi connectivity index (χ1) is 7.58. The molecular weight excluding hydrogens is 222 g/mol. The highest BCUT2D eigenvalue weighted by atomic mass is 32.1. The zero-order chi connectivity index (χ0) is 11.7. The number of ketones is 1. The summed E-state index contributed by atoms with van der Waals surface area (Å²) in [5.74, 6) is 0.0421. The molecule has 2 N–H and O–H groups in total. The van der Waals surface area contributed by atoms with Crippen molar-refractivity contribution in [3.8, 4) is 0 Å². The van der Waals surface area contributed by atoms with Crippen molar-refractivity contribution >= 4 is 22.1 Å². The molecule has 0 aliphatic carbocycles. The Morgan fingerprint density at radius 3 is 3.00 bits per heavy atom. The maximum absolute atomic E-state index is 11.8. The van der Waals surface area contributed by atoms with E-state index in [0.717, 1.165) is 10.7 Å². The lowest BCUT2D eigenvalue weighted by atomic mass is 9.96. The van der Waals surface area contributed by atoms with Crippen LogP contribution in [0.3, 0.4) is 0 Å². The van der Waals surface area contributed by atoms with Gasteiger partial charge < -0.3 is 5.73 Å². The lowest BCUT2D eigenvalue weighted by molar-refractivity contribution is -0.122. The van der Waals surface area contributed by atoms with Gasteiger partial charge in [-0.25, -0.2) is 4.98 Å². The Morgan fingerprint density at radius 1 is 1.62 bits per heavy atom. The number of hydrogen-bond donors (Lipinski definition) is 1. The third kappa shape index (κ3) is 2.15. The van der Waals surface area contributed by atoms with Crippen LogP contribution in [0.25, 0.3) is 4.96 Å². The molecule has 0 saturated carbocycles. The van der Waals surface area contributed by atoms with Gasteiger partial charge in [0.05, 0.1) is 12.1 Å². The molecule has 0 aliphatic heterocycles. The molecule has 2 heterocycles. The van der Waals surface area contributed by atoms with E-state index in [-0.39, 0.29) is 17.7 Å². The second-order valence-corrected chi connectivity index (χ2v) is 4.99. The Bertz CT molecular complexity index is 472. The number of nitrogens with two attached hydrogens (primary N) is 1. The van der Waals surface area contributed by atoms with Gasteiger partial charge in [0.2, 0.25) is 0 Å². The first-order valence-electron chi connectivity index (χ1n) is 5.27. The van der Waals surface area contributed by atoms with E-state index < -0.39 is 0 Å². The highest BCUT2D eigenvalue weighted by molar-refractivity contribution is 7.15. The first kappa shape index (κ1) is 11.3. The highest BCUT2D eigenvalue weighted by Gasteiger charge is 2.18. The van der Waals surface area contributed by atoms with Gasteiger partial charge in [0, 0.05) is 29.7 Å². The van der Waals surface area contributed by atoms with Crippen molar-refractivity contribution in [2.75, 3.05) is 0 Å². The molecule has 5 heteroatoms. The van der Waals surface area contributed by atoms with Crippen LogP contribution in [0.4, 0.5) is 0 Å². The average molecular weight is 237 g/mol. The Hall–Kier alpha value is -1.20. The maximum Gasteiger partial charge on any atom is 0.193 e. The maximum atomic E-state index is 11.8. The normalized spacial score (nSPS) is 15.2. The Balaban J connectivity index is 2.10. The standard InChI is InChI=1S/C11H15N3OS/c1-7(8(2)12)10(15)5-9-6-14-3-4-16-11(14)13-9/h3-4,6-8H,5,12H2,1-2H3. The van der Waals surface area contributed by atoms with Crippen molar-refractivity contribution in [1.29, 1.82) is 0 Å². The van der Waals surface area contributed by atoms with Crippen molar-refractivity contribution in [3.63, 3.8) is 0 Å². The lowest BCUT2D eigenvalue weighted by Crippen LogP contribution is -2.31. The zero-order valence-corrected chi connectivity index (χ0v) is 10.2. The number of nitrogens with zero attached hydrogens (tertiary/aromatic N) is 2. The van der Waals surface area contributed by atoms with Crippen LogP contribution in [-0.2, 0) is 11.2 Å². The number of imidazole rings is 1. The number of carbonyl (C=O) groups is 1. The van der Waals surface area contributed by atoms with Crippen LogP contribution in [-0.4, -0.2) is 21.2 Å². The molecule has 0 amide bonds. The van der Waals surface area contributed by atoms with Crippen LogP contribution < -0.4 is 5.73 Å². The molecular formula is C11H15N3OS. The van der Waals surface area contributed by atoms with E-state index in [1.165, 1.54) is 0 Å². The van der Waals surface area contributed by atoms with E-state index in [9.17, 15) is 4.79 Å². The Labute approximate surface area is 98.1 Å². The molecule has 0 aromatic carbocycles. The molecule has 0 radical (unpaired) electrons. The van der Waals surface area contributed by atoms with E-state index in [2.05, 4.69) is 4.98 Å². The summed E-state index contributed by atoms with van der Waals surface area (Å²) in [5, 5.41) is 1.97. The summed E-state index contributed by atoms with van der Waals surface area (Å²) in [6.07, 6.45) is 4.21. The third-order valence-corrected chi connectivity index (χ3v) is 3.57. The number of thiazole rings is 1. The summed E-state index contributed by atoms with van der Waals surface area (Å²) in [4.78, 5) is 17.1. The minimum Gasteiger partial charge on any atom is -0.327 e. The first-order valence-corrected chi connectivity index (χ1v) is 6.15. The van der Waals surface area contributed by atoms with Gasteiger partial charge in [0.25, 0.3) is 0 Å². The molecule has 0 saturated heterocycles. The molecule has 0 fully saturated rings. The van der Waals surface area contributed by atoms with Gasteiger partial charge in [-0.2, -0.15) is 0 Å². The summed E-state index contributed by atoms with van der Waals surface area (Å²) in [6, 6.07) is -0.101. The number of Topliss-reactive ketones (excluding diaryl/α,β-unsaturated/α-hetero) is 1. The van der Waals surface area contributed by atoms with Crippen LogP contribution in [0.15, 0.2) is 17.8 Å². The second-order valence-electron chi connectivity index (χ2n) is 4.12. The number of fused-ring (bicyclic) bond motifs is 1. The third-order valence-electron chi connectivity index (χ3n) is 2.80.